The van der Waals surface area contributed by atoms with Gasteiger partial charge >= 0.3 is 0 Å². The number of fused-ring (bicyclic) bond motifs is 1. The maximum atomic E-state index is 6.43. The second-order valence-electron chi connectivity index (χ2n) is 7.77. The van der Waals surface area contributed by atoms with Gasteiger partial charge in [0.15, 0.2) is 0 Å². The number of benzene rings is 1. The smallest absolute Gasteiger partial charge is 0.145 e. The highest BCUT2D eigenvalue weighted by Gasteiger charge is 2.36. The van der Waals surface area contributed by atoms with Crippen molar-refractivity contribution in [2.45, 2.75) is 43.9 Å². The average Bonchev–Trinajstić information content (AvgIpc) is 3.28. The summed E-state index contributed by atoms with van der Waals surface area (Å²) in [5.74, 6) is 1.39. The second-order valence-corrected chi connectivity index (χ2v) is 8.58. The van der Waals surface area contributed by atoms with Crippen LogP contribution in [0.2, 0.25) is 10.0 Å². The second kappa shape index (κ2) is 7.37. The molecule has 2 aliphatic heterocycles. The summed E-state index contributed by atoms with van der Waals surface area (Å²) in [5.41, 5.74) is 2.48. The Hall–Kier alpha value is -1.11. The van der Waals surface area contributed by atoms with Crippen molar-refractivity contribution in [3.05, 3.63) is 39.6 Å². The average molecular weight is 408 g/mol. The van der Waals surface area contributed by atoms with Crippen molar-refractivity contribution in [2.75, 3.05) is 26.2 Å². The first-order valence-electron chi connectivity index (χ1n) is 9.70. The Balaban J connectivity index is 1.39. The SMILES string of the molecule is Clc1cccc(Cl)c1-c1noc(C2CC2)c1CO[C@@H]1C[C@H]2CNCCN2C1. The molecule has 1 saturated carbocycles. The number of piperazine rings is 1. The molecule has 5 nitrogen and oxygen atoms in total. The minimum absolute atomic E-state index is 0.242. The Morgan fingerprint density at radius 2 is 2.07 bits per heavy atom. The van der Waals surface area contributed by atoms with E-state index in [1.807, 2.05) is 18.2 Å². The van der Waals surface area contributed by atoms with E-state index in [1.165, 1.54) is 0 Å². The molecule has 1 aliphatic carbocycles. The topological polar surface area (TPSA) is 50.5 Å². The van der Waals surface area contributed by atoms with Gasteiger partial charge in [0.1, 0.15) is 11.5 Å². The number of hydrogen-bond donors (Lipinski definition) is 1. The summed E-state index contributed by atoms with van der Waals surface area (Å²) >= 11 is 12.9. The van der Waals surface area contributed by atoms with Crippen molar-refractivity contribution in [3.63, 3.8) is 0 Å². The quantitative estimate of drug-likeness (QED) is 0.808. The third-order valence-corrected chi connectivity index (χ3v) is 6.50. The molecular weight excluding hydrogens is 385 g/mol. The van der Waals surface area contributed by atoms with Crippen molar-refractivity contribution in [1.82, 2.24) is 15.4 Å². The number of nitrogens with one attached hydrogen (secondary N) is 1. The molecule has 0 radical (unpaired) electrons. The van der Waals surface area contributed by atoms with Crippen LogP contribution < -0.4 is 5.32 Å². The highest BCUT2D eigenvalue weighted by Crippen LogP contribution is 2.46. The van der Waals surface area contributed by atoms with Gasteiger partial charge in [-0.2, -0.15) is 0 Å². The fraction of sp³-hybridized carbons (Fsp3) is 0.550. The molecular formula is C20H23Cl2N3O2. The van der Waals surface area contributed by atoms with Crippen LogP contribution in [0.3, 0.4) is 0 Å². The van der Waals surface area contributed by atoms with Gasteiger partial charge in [0.25, 0.3) is 0 Å². The lowest BCUT2D eigenvalue weighted by Gasteiger charge is -2.29. The summed E-state index contributed by atoms with van der Waals surface area (Å²) < 4.78 is 12.1. The summed E-state index contributed by atoms with van der Waals surface area (Å²) in [5, 5.41) is 8.99. The van der Waals surface area contributed by atoms with Crippen LogP contribution in [-0.4, -0.2) is 48.4 Å². The number of nitrogens with zero attached hydrogens (tertiary/aromatic N) is 2. The largest absolute Gasteiger partial charge is 0.372 e. The van der Waals surface area contributed by atoms with E-state index in [9.17, 15) is 0 Å². The molecule has 0 bridgehead atoms. The number of hydrogen-bond acceptors (Lipinski definition) is 5. The molecule has 5 rings (SSSR count). The summed E-state index contributed by atoms with van der Waals surface area (Å²) in [6.07, 6.45) is 3.59. The van der Waals surface area contributed by atoms with Gasteiger partial charge in [-0.25, -0.2) is 0 Å². The van der Waals surface area contributed by atoms with E-state index >= 15 is 0 Å². The Bertz CT molecular complexity index is 802. The van der Waals surface area contributed by atoms with E-state index in [-0.39, 0.29) is 6.10 Å². The molecule has 1 N–H and O–H groups in total. The first-order valence-corrected chi connectivity index (χ1v) is 10.5. The minimum Gasteiger partial charge on any atom is -0.372 e. The molecule has 0 spiro atoms. The van der Waals surface area contributed by atoms with Crippen LogP contribution in [0.1, 0.15) is 36.5 Å². The fourth-order valence-corrected chi connectivity index (χ4v) is 4.86. The van der Waals surface area contributed by atoms with Gasteiger partial charge in [-0.05, 0) is 31.4 Å². The molecule has 3 heterocycles. The lowest BCUT2D eigenvalue weighted by molar-refractivity contribution is 0.0463. The van der Waals surface area contributed by atoms with E-state index < -0.39 is 0 Å². The number of aromatic nitrogens is 1. The van der Waals surface area contributed by atoms with Gasteiger partial charge in [0.05, 0.1) is 22.8 Å². The Kier molecular flexibility index (Phi) is 4.90. The zero-order valence-corrected chi connectivity index (χ0v) is 16.6. The number of ether oxygens (including phenoxy) is 1. The lowest BCUT2D eigenvalue weighted by Crippen LogP contribution is -2.47. The molecule has 0 amide bonds. The van der Waals surface area contributed by atoms with E-state index in [2.05, 4.69) is 15.4 Å². The molecule has 27 heavy (non-hydrogen) atoms. The van der Waals surface area contributed by atoms with E-state index in [0.29, 0.717) is 28.6 Å². The molecule has 1 aromatic carbocycles. The van der Waals surface area contributed by atoms with Gasteiger partial charge < -0.3 is 14.6 Å². The standard InChI is InChI=1S/C20H23Cl2N3O2/c21-16-2-1-3-17(22)18(16)19-15(20(27-24-19)12-4-5-12)11-26-14-8-13-9-23-6-7-25(13)10-14/h1-3,12-14,23H,4-11H2/t13-,14+/m0/s1. The van der Waals surface area contributed by atoms with Crippen LogP contribution in [0, 0.1) is 0 Å². The van der Waals surface area contributed by atoms with Gasteiger partial charge in [0.2, 0.25) is 0 Å². The Morgan fingerprint density at radius 1 is 1.26 bits per heavy atom. The van der Waals surface area contributed by atoms with Crippen LogP contribution in [-0.2, 0) is 11.3 Å². The van der Waals surface area contributed by atoms with Gasteiger partial charge in [-0.1, -0.05) is 34.4 Å². The summed E-state index contributed by atoms with van der Waals surface area (Å²) in [6, 6.07) is 6.10. The third kappa shape index (κ3) is 3.52. The van der Waals surface area contributed by atoms with Crippen molar-refractivity contribution in [3.8, 4) is 11.3 Å². The van der Waals surface area contributed by atoms with Crippen LogP contribution in [0.4, 0.5) is 0 Å². The van der Waals surface area contributed by atoms with E-state index in [0.717, 1.165) is 68.0 Å². The molecule has 2 aromatic rings. The van der Waals surface area contributed by atoms with Crippen LogP contribution in [0.15, 0.2) is 22.7 Å². The molecule has 2 atom stereocenters. The maximum absolute atomic E-state index is 6.43. The monoisotopic (exact) mass is 407 g/mol. The third-order valence-electron chi connectivity index (χ3n) is 5.87. The first kappa shape index (κ1) is 18.0. The zero-order valence-electron chi connectivity index (χ0n) is 15.1. The van der Waals surface area contributed by atoms with Crippen LogP contribution in [0.25, 0.3) is 11.3 Å². The minimum atomic E-state index is 0.242. The van der Waals surface area contributed by atoms with Gasteiger partial charge in [-0.15, -0.1) is 0 Å². The van der Waals surface area contributed by atoms with E-state index in [4.69, 9.17) is 32.5 Å². The fourth-order valence-electron chi connectivity index (χ4n) is 4.29. The molecule has 1 aromatic heterocycles. The normalized spacial score (nSPS) is 25.7. The van der Waals surface area contributed by atoms with Crippen molar-refractivity contribution < 1.29 is 9.26 Å². The van der Waals surface area contributed by atoms with Gasteiger partial charge in [0, 0.05) is 49.3 Å². The Morgan fingerprint density at radius 3 is 2.81 bits per heavy atom. The molecule has 0 unspecified atom stereocenters. The first-order chi connectivity index (χ1) is 13.2. The van der Waals surface area contributed by atoms with Crippen molar-refractivity contribution in [1.29, 1.82) is 0 Å². The van der Waals surface area contributed by atoms with Gasteiger partial charge in [-0.3, -0.25) is 4.90 Å². The molecule has 144 valence electrons. The molecule has 3 fully saturated rings. The predicted molar refractivity (Wildman–Crippen MR) is 105 cm³/mol. The van der Waals surface area contributed by atoms with Crippen LogP contribution in [0.5, 0.6) is 0 Å². The maximum Gasteiger partial charge on any atom is 0.145 e. The van der Waals surface area contributed by atoms with E-state index in [1.54, 1.807) is 0 Å². The highest BCUT2D eigenvalue weighted by molar-refractivity contribution is 6.39. The Labute approximate surface area is 168 Å². The van der Waals surface area contributed by atoms with Crippen molar-refractivity contribution in [2.24, 2.45) is 0 Å². The summed E-state index contributed by atoms with van der Waals surface area (Å²) in [7, 11) is 0. The zero-order chi connectivity index (χ0) is 18.4. The number of halogens is 2. The van der Waals surface area contributed by atoms with Crippen molar-refractivity contribution >= 4 is 23.2 Å². The molecule has 2 saturated heterocycles. The molecule has 7 heteroatoms. The number of rotatable bonds is 5. The van der Waals surface area contributed by atoms with Crippen LogP contribution >= 0.6 is 23.2 Å². The molecule has 3 aliphatic rings. The lowest BCUT2D eigenvalue weighted by atomic mass is 10.0. The summed E-state index contributed by atoms with van der Waals surface area (Å²) in [4.78, 5) is 2.53. The highest BCUT2D eigenvalue weighted by atomic mass is 35.5. The predicted octanol–water partition coefficient (Wildman–Crippen LogP) is 4.09. The summed E-state index contributed by atoms with van der Waals surface area (Å²) in [6.45, 7) is 4.71.